The number of hydrogen-bond donors (Lipinski definition) is 0. The van der Waals surface area contributed by atoms with Crippen LogP contribution in [0.5, 0.6) is 0 Å². The molecule has 0 radical (unpaired) electrons. The number of nitrogens with zero attached hydrogens (tertiary/aromatic N) is 2. The zero-order valence-corrected chi connectivity index (χ0v) is 31.2. The van der Waals surface area contributed by atoms with Crippen LogP contribution in [0.4, 0.5) is 34.1 Å². The Kier molecular flexibility index (Phi) is 7.81. The normalized spacial score (nSPS) is 15.2. The summed E-state index contributed by atoms with van der Waals surface area (Å²) in [5.41, 5.74) is 22.8. The monoisotopic (exact) mass is 716 g/mol. The summed E-state index contributed by atoms with van der Waals surface area (Å²) in [7, 11) is 0. The van der Waals surface area contributed by atoms with E-state index in [1.54, 1.807) is 0 Å². The van der Waals surface area contributed by atoms with Gasteiger partial charge >= 0.3 is 0 Å². The maximum Gasteiger partial charge on any atom is 0.0540 e. The first-order valence-electron chi connectivity index (χ1n) is 19.9. The van der Waals surface area contributed by atoms with Gasteiger partial charge in [-0.3, -0.25) is 0 Å². The molecule has 0 saturated carbocycles. The van der Waals surface area contributed by atoms with Crippen LogP contribution < -0.4 is 9.80 Å². The second-order valence-electron chi connectivity index (χ2n) is 15.1. The van der Waals surface area contributed by atoms with Crippen LogP contribution >= 0.6 is 0 Å². The quantitative estimate of drug-likeness (QED) is 0.179. The molecule has 7 aromatic rings. The summed E-state index contributed by atoms with van der Waals surface area (Å²) in [6.07, 6.45) is 13.5. The summed E-state index contributed by atoms with van der Waals surface area (Å²) >= 11 is 0. The van der Waals surface area contributed by atoms with Crippen LogP contribution in [-0.2, 0) is 0 Å². The molecule has 7 aromatic carbocycles. The van der Waals surface area contributed by atoms with Crippen molar-refractivity contribution in [1.82, 2.24) is 0 Å². The van der Waals surface area contributed by atoms with Crippen LogP contribution in [0.25, 0.3) is 44.5 Å². The molecule has 0 fully saturated rings. The van der Waals surface area contributed by atoms with E-state index in [-0.39, 0.29) is 0 Å². The molecular formula is C54H40N2. The SMILES string of the molecule is C1=CC2=C(CC1)c1cc(-c3ccc4c(c3)C3=C(C=CCC3)c3ccccc3N4c3cccc(-c4ccccc4)c3)ccc1N(c1ccccc1)c1ccccc12. The van der Waals surface area contributed by atoms with Gasteiger partial charge in [-0.05, 0) is 131 Å². The second-order valence-corrected chi connectivity index (χ2v) is 15.1. The zero-order valence-electron chi connectivity index (χ0n) is 31.2. The molecule has 56 heavy (non-hydrogen) atoms. The summed E-state index contributed by atoms with van der Waals surface area (Å²) in [6, 6.07) is 62.8. The van der Waals surface area contributed by atoms with Crippen molar-refractivity contribution in [3.8, 4) is 22.3 Å². The highest BCUT2D eigenvalue weighted by Gasteiger charge is 2.30. The summed E-state index contributed by atoms with van der Waals surface area (Å²) in [4.78, 5) is 4.95. The number of rotatable bonds is 4. The summed E-state index contributed by atoms with van der Waals surface area (Å²) in [5.74, 6) is 0. The topological polar surface area (TPSA) is 6.48 Å². The van der Waals surface area contributed by atoms with Gasteiger partial charge < -0.3 is 9.80 Å². The fourth-order valence-electron chi connectivity index (χ4n) is 9.34. The van der Waals surface area contributed by atoms with Crippen molar-refractivity contribution in [3.63, 3.8) is 0 Å². The Bertz CT molecular complexity index is 2800. The second kappa shape index (κ2) is 13.4. The Morgan fingerprint density at radius 1 is 0.321 bits per heavy atom. The number of para-hydroxylation sites is 3. The number of benzene rings is 7. The van der Waals surface area contributed by atoms with E-state index in [4.69, 9.17) is 0 Å². The number of allylic oxidation sites excluding steroid dienone is 8. The van der Waals surface area contributed by atoms with Gasteiger partial charge in [-0.15, -0.1) is 0 Å². The number of fused-ring (bicyclic) bond motifs is 8. The molecule has 2 aliphatic heterocycles. The van der Waals surface area contributed by atoms with E-state index in [1.165, 1.54) is 95.2 Å². The molecule has 0 aromatic heterocycles. The molecule has 266 valence electrons. The van der Waals surface area contributed by atoms with Crippen LogP contribution in [0.3, 0.4) is 0 Å². The Morgan fingerprint density at radius 3 is 1.36 bits per heavy atom. The Morgan fingerprint density at radius 2 is 0.768 bits per heavy atom. The molecule has 0 spiro atoms. The van der Waals surface area contributed by atoms with Crippen LogP contribution in [0, 0.1) is 0 Å². The van der Waals surface area contributed by atoms with Crippen LogP contribution in [0.15, 0.2) is 194 Å². The smallest absolute Gasteiger partial charge is 0.0540 e. The predicted molar refractivity (Wildman–Crippen MR) is 237 cm³/mol. The van der Waals surface area contributed by atoms with E-state index in [0.29, 0.717) is 0 Å². The third-order valence-electron chi connectivity index (χ3n) is 11.9. The van der Waals surface area contributed by atoms with Gasteiger partial charge in [0.2, 0.25) is 0 Å². The first-order valence-corrected chi connectivity index (χ1v) is 19.9. The predicted octanol–water partition coefficient (Wildman–Crippen LogP) is 15.1. The van der Waals surface area contributed by atoms with E-state index < -0.39 is 0 Å². The highest BCUT2D eigenvalue weighted by atomic mass is 15.2. The van der Waals surface area contributed by atoms with Gasteiger partial charge in [0.1, 0.15) is 0 Å². The molecule has 2 aliphatic carbocycles. The van der Waals surface area contributed by atoms with Crippen LogP contribution in [0.2, 0.25) is 0 Å². The zero-order chi connectivity index (χ0) is 37.0. The third kappa shape index (κ3) is 5.33. The third-order valence-corrected chi connectivity index (χ3v) is 11.9. The molecule has 0 amide bonds. The van der Waals surface area contributed by atoms with Crippen molar-refractivity contribution in [2.24, 2.45) is 0 Å². The average Bonchev–Trinajstić information content (AvgIpc) is 3.48. The van der Waals surface area contributed by atoms with Gasteiger partial charge in [0.05, 0.1) is 22.7 Å². The van der Waals surface area contributed by atoms with E-state index in [9.17, 15) is 0 Å². The first kappa shape index (κ1) is 32.5. The molecule has 11 rings (SSSR count). The lowest BCUT2D eigenvalue weighted by atomic mass is 9.85. The maximum absolute atomic E-state index is 2.49. The fourth-order valence-corrected chi connectivity index (χ4v) is 9.34. The number of hydrogen-bond acceptors (Lipinski definition) is 2. The fraction of sp³-hybridized carbons (Fsp3) is 0.0741. The Balaban J connectivity index is 1.11. The average molecular weight is 717 g/mol. The van der Waals surface area contributed by atoms with Gasteiger partial charge in [-0.2, -0.15) is 0 Å². The minimum Gasteiger partial charge on any atom is -0.309 e. The molecule has 0 unspecified atom stereocenters. The highest BCUT2D eigenvalue weighted by molar-refractivity contribution is 6.09. The Labute approximate surface area is 329 Å². The van der Waals surface area contributed by atoms with Crippen molar-refractivity contribution < 1.29 is 0 Å². The van der Waals surface area contributed by atoms with E-state index >= 15 is 0 Å². The van der Waals surface area contributed by atoms with Crippen molar-refractivity contribution >= 4 is 56.4 Å². The summed E-state index contributed by atoms with van der Waals surface area (Å²) < 4.78 is 0. The molecule has 2 nitrogen and oxygen atoms in total. The van der Waals surface area contributed by atoms with Gasteiger partial charge in [0, 0.05) is 33.6 Å². The first-order chi connectivity index (χ1) is 27.8. The largest absolute Gasteiger partial charge is 0.309 e. The van der Waals surface area contributed by atoms with Crippen molar-refractivity contribution in [3.05, 3.63) is 216 Å². The van der Waals surface area contributed by atoms with Crippen molar-refractivity contribution in [2.75, 3.05) is 9.80 Å². The molecule has 0 bridgehead atoms. The van der Waals surface area contributed by atoms with Gasteiger partial charge in [-0.25, -0.2) is 0 Å². The van der Waals surface area contributed by atoms with Crippen molar-refractivity contribution in [1.29, 1.82) is 0 Å². The molecule has 0 atom stereocenters. The molecule has 2 heterocycles. The maximum atomic E-state index is 2.49. The molecular weight excluding hydrogens is 677 g/mol. The Hall–Kier alpha value is -6.90. The molecule has 0 N–H and O–H groups in total. The molecule has 4 aliphatic rings. The van der Waals surface area contributed by atoms with Gasteiger partial charge in [-0.1, -0.05) is 133 Å². The summed E-state index contributed by atoms with van der Waals surface area (Å²) in [6.45, 7) is 0. The van der Waals surface area contributed by atoms with Crippen LogP contribution in [0.1, 0.15) is 47.9 Å². The van der Waals surface area contributed by atoms with E-state index in [0.717, 1.165) is 31.4 Å². The van der Waals surface area contributed by atoms with Crippen molar-refractivity contribution in [2.45, 2.75) is 25.7 Å². The summed E-state index contributed by atoms with van der Waals surface area (Å²) in [5, 5.41) is 0. The standard InChI is InChI=1S/C54H40N2/c1-3-16-37(17-4-1)38-18-15-21-42(34-38)56-52-29-14-12-27-48(52)44-23-8-10-25-46(44)50-36-40(31-33-54(50)56)39-30-32-53-49(35-39)45-24-9-7-22-43(45)47-26-11-13-28-51(47)55(53)41-19-5-2-6-20-41/h1-8,11-23,26-36H,9-10,24-25H2. The lowest BCUT2D eigenvalue weighted by Gasteiger charge is -2.29. The van der Waals surface area contributed by atoms with Crippen LogP contribution in [-0.4, -0.2) is 0 Å². The lowest BCUT2D eigenvalue weighted by molar-refractivity contribution is 1.06. The van der Waals surface area contributed by atoms with Gasteiger partial charge in [0.25, 0.3) is 0 Å². The minimum atomic E-state index is 1.01. The van der Waals surface area contributed by atoms with E-state index in [2.05, 4.69) is 204 Å². The highest BCUT2D eigenvalue weighted by Crippen LogP contribution is 2.53. The molecule has 0 saturated heterocycles. The number of anilines is 6. The van der Waals surface area contributed by atoms with Gasteiger partial charge in [0.15, 0.2) is 0 Å². The minimum absolute atomic E-state index is 1.01. The lowest BCUT2D eigenvalue weighted by Crippen LogP contribution is -2.12. The van der Waals surface area contributed by atoms with E-state index in [1.807, 2.05) is 0 Å². The molecule has 2 heteroatoms.